The number of carbonyl (C=O) groups excluding carboxylic acids is 2. The quantitative estimate of drug-likeness (QED) is 0.275. The predicted molar refractivity (Wildman–Crippen MR) is 153 cm³/mol. The molecule has 1 heterocycles. The van der Waals surface area contributed by atoms with Crippen LogP contribution in [0, 0.1) is 25.6 Å². The lowest BCUT2D eigenvalue weighted by Crippen LogP contribution is -2.32. The Balaban J connectivity index is 2.08. The van der Waals surface area contributed by atoms with Crippen LogP contribution in [0.4, 0.5) is 9.18 Å². The van der Waals surface area contributed by atoms with Gasteiger partial charge in [-0.25, -0.2) is 18.8 Å². The molecule has 0 saturated carbocycles. The van der Waals surface area contributed by atoms with Gasteiger partial charge in [0.15, 0.2) is 0 Å². The van der Waals surface area contributed by atoms with Gasteiger partial charge >= 0.3 is 18.0 Å². The molecular formula is C32H37FN2O6. The van der Waals surface area contributed by atoms with Crippen molar-refractivity contribution in [3.63, 3.8) is 0 Å². The number of ether oxygens (including phenoxy) is 2. The summed E-state index contributed by atoms with van der Waals surface area (Å²) in [4.78, 5) is 42.1. The number of hydrogen-bond donors (Lipinski definition) is 2. The van der Waals surface area contributed by atoms with Crippen LogP contribution in [-0.2, 0) is 29.0 Å². The predicted octanol–water partition coefficient (Wildman–Crippen LogP) is 6.78. The molecule has 0 radical (unpaired) electrons. The zero-order chi connectivity index (χ0) is 30.5. The van der Waals surface area contributed by atoms with E-state index in [1.54, 1.807) is 27.7 Å². The van der Waals surface area contributed by atoms with E-state index < -0.39 is 35.0 Å². The summed E-state index contributed by atoms with van der Waals surface area (Å²) in [7, 11) is 0. The summed E-state index contributed by atoms with van der Waals surface area (Å²) in [5, 5.41) is 11.9. The summed E-state index contributed by atoms with van der Waals surface area (Å²) in [5.41, 5.74) is 3.60. The second-order valence-corrected chi connectivity index (χ2v) is 11.4. The zero-order valence-electron chi connectivity index (χ0n) is 24.6. The lowest BCUT2D eigenvalue weighted by Gasteiger charge is -2.23. The van der Waals surface area contributed by atoms with Crippen molar-refractivity contribution in [3.05, 3.63) is 87.5 Å². The Kier molecular flexibility index (Phi) is 9.86. The molecule has 0 unspecified atom stereocenters. The maximum atomic E-state index is 14.2. The largest absolute Gasteiger partial charge is 0.478 e. The van der Waals surface area contributed by atoms with Gasteiger partial charge in [0.1, 0.15) is 18.0 Å². The Morgan fingerprint density at radius 2 is 1.71 bits per heavy atom. The van der Waals surface area contributed by atoms with E-state index in [1.807, 2.05) is 31.2 Å². The Labute approximate surface area is 239 Å². The number of pyridine rings is 1. The highest BCUT2D eigenvalue weighted by atomic mass is 19.1. The van der Waals surface area contributed by atoms with Crippen molar-refractivity contribution in [2.75, 3.05) is 0 Å². The molecule has 41 heavy (non-hydrogen) atoms. The van der Waals surface area contributed by atoms with Crippen molar-refractivity contribution in [1.29, 1.82) is 0 Å². The third kappa shape index (κ3) is 8.36. The molecule has 0 fully saturated rings. The number of esters is 1. The standard InChI is InChI=1S/C32H37FN2O6/c1-18(2)14-26-24(16-34-31(39)41-32(5,6)7)28(22-11-8-19(3)9-12-22)27(20(4)35-26)30(38)40-17-21-10-13-23(29(36)37)25(33)15-21/h8-13,15,18H,14,16-17H2,1-7H3,(H,34,39)(H,36,37). The number of nitrogens with zero attached hydrogens (tertiary/aromatic N) is 1. The lowest BCUT2D eigenvalue weighted by atomic mass is 9.89. The van der Waals surface area contributed by atoms with Gasteiger partial charge in [0.25, 0.3) is 0 Å². The summed E-state index contributed by atoms with van der Waals surface area (Å²) in [5.74, 6) is -2.74. The van der Waals surface area contributed by atoms with Crippen molar-refractivity contribution in [2.45, 2.75) is 73.6 Å². The first-order chi connectivity index (χ1) is 19.2. The summed E-state index contributed by atoms with van der Waals surface area (Å²) in [6.45, 7) is 12.9. The molecule has 3 aromatic rings. The van der Waals surface area contributed by atoms with Gasteiger partial charge in [-0.05, 0) is 70.2 Å². The minimum atomic E-state index is -1.38. The Hall–Kier alpha value is -4.27. The summed E-state index contributed by atoms with van der Waals surface area (Å²) in [6, 6.07) is 11.2. The number of aromatic nitrogens is 1. The second kappa shape index (κ2) is 12.9. The average molecular weight is 565 g/mol. The van der Waals surface area contributed by atoms with Crippen molar-refractivity contribution in [1.82, 2.24) is 10.3 Å². The van der Waals surface area contributed by atoms with Gasteiger partial charge < -0.3 is 19.9 Å². The average Bonchev–Trinajstić information content (AvgIpc) is 2.85. The highest BCUT2D eigenvalue weighted by Crippen LogP contribution is 2.33. The summed E-state index contributed by atoms with van der Waals surface area (Å²) in [6.07, 6.45) is 0.00892. The molecule has 1 aromatic heterocycles. The van der Waals surface area contributed by atoms with Crippen LogP contribution < -0.4 is 5.32 Å². The SMILES string of the molecule is Cc1ccc(-c2c(CNC(=O)OC(C)(C)C)c(CC(C)C)nc(C)c2C(=O)OCc2ccc(C(=O)O)c(F)c2)cc1. The van der Waals surface area contributed by atoms with E-state index in [-0.39, 0.29) is 24.6 Å². The van der Waals surface area contributed by atoms with Gasteiger partial charge in [-0.3, -0.25) is 4.98 Å². The molecule has 8 nitrogen and oxygen atoms in total. The Morgan fingerprint density at radius 3 is 2.27 bits per heavy atom. The monoisotopic (exact) mass is 564 g/mol. The van der Waals surface area contributed by atoms with Crippen LogP contribution in [0.15, 0.2) is 42.5 Å². The number of rotatable bonds is 9. The third-order valence-electron chi connectivity index (χ3n) is 6.15. The Bertz CT molecular complexity index is 1440. The normalized spacial score (nSPS) is 11.3. The molecule has 1 amide bonds. The molecule has 0 saturated heterocycles. The number of alkyl carbamates (subject to hydrolysis) is 1. The van der Waals surface area contributed by atoms with Gasteiger partial charge in [-0.1, -0.05) is 49.7 Å². The molecule has 218 valence electrons. The third-order valence-corrected chi connectivity index (χ3v) is 6.15. The van der Waals surface area contributed by atoms with E-state index in [0.717, 1.165) is 29.0 Å². The van der Waals surface area contributed by atoms with Crippen LogP contribution >= 0.6 is 0 Å². The number of halogens is 1. The van der Waals surface area contributed by atoms with E-state index >= 15 is 0 Å². The van der Waals surface area contributed by atoms with Crippen LogP contribution in [0.1, 0.15) is 83.4 Å². The number of carboxylic acid groups (broad SMARTS) is 1. The fourth-order valence-electron chi connectivity index (χ4n) is 4.35. The van der Waals surface area contributed by atoms with E-state index in [1.165, 1.54) is 6.07 Å². The number of carbonyl (C=O) groups is 3. The summed E-state index contributed by atoms with van der Waals surface area (Å²) >= 11 is 0. The molecule has 2 N–H and O–H groups in total. The molecule has 2 aromatic carbocycles. The Morgan fingerprint density at radius 1 is 1.05 bits per heavy atom. The van der Waals surface area contributed by atoms with E-state index in [4.69, 9.17) is 19.6 Å². The number of carboxylic acids is 1. The topological polar surface area (TPSA) is 115 Å². The van der Waals surface area contributed by atoms with Crippen molar-refractivity contribution < 1.29 is 33.4 Å². The molecular weight excluding hydrogens is 527 g/mol. The molecule has 0 bridgehead atoms. The van der Waals surface area contributed by atoms with E-state index in [2.05, 4.69) is 19.2 Å². The van der Waals surface area contributed by atoms with Gasteiger partial charge in [-0.15, -0.1) is 0 Å². The maximum Gasteiger partial charge on any atom is 0.407 e. The highest BCUT2D eigenvalue weighted by molar-refractivity contribution is 5.99. The molecule has 0 aliphatic rings. The van der Waals surface area contributed by atoms with E-state index in [0.29, 0.717) is 28.8 Å². The molecule has 0 atom stereocenters. The van der Waals surface area contributed by atoms with Crippen molar-refractivity contribution in [3.8, 4) is 11.1 Å². The molecule has 3 rings (SSSR count). The van der Waals surface area contributed by atoms with E-state index in [9.17, 15) is 18.8 Å². The minimum Gasteiger partial charge on any atom is -0.478 e. The van der Waals surface area contributed by atoms with Crippen LogP contribution in [-0.4, -0.2) is 33.7 Å². The minimum absolute atomic E-state index is 0.0651. The van der Waals surface area contributed by atoms with Gasteiger partial charge in [-0.2, -0.15) is 0 Å². The van der Waals surface area contributed by atoms with Crippen LogP contribution in [0.2, 0.25) is 0 Å². The lowest BCUT2D eigenvalue weighted by molar-refractivity contribution is 0.0470. The van der Waals surface area contributed by atoms with Gasteiger partial charge in [0.05, 0.1) is 16.8 Å². The number of aromatic carboxylic acids is 1. The fourth-order valence-corrected chi connectivity index (χ4v) is 4.35. The molecule has 0 aliphatic heterocycles. The van der Waals surface area contributed by atoms with Crippen LogP contribution in [0.3, 0.4) is 0 Å². The maximum absolute atomic E-state index is 14.2. The first-order valence-corrected chi connectivity index (χ1v) is 13.4. The first-order valence-electron chi connectivity index (χ1n) is 13.4. The summed E-state index contributed by atoms with van der Waals surface area (Å²) < 4.78 is 25.2. The number of hydrogen-bond acceptors (Lipinski definition) is 6. The van der Waals surface area contributed by atoms with Crippen molar-refractivity contribution in [2.24, 2.45) is 5.92 Å². The number of aryl methyl sites for hydroxylation is 2. The molecule has 0 aliphatic carbocycles. The first kappa shape index (κ1) is 31.3. The molecule has 0 spiro atoms. The number of nitrogens with one attached hydrogen (secondary N) is 1. The van der Waals surface area contributed by atoms with Crippen molar-refractivity contribution >= 4 is 18.0 Å². The number of amides is 1. The fraction of sp³-hybridized carbons (Fsp3) is 0.375. The van der Waals surface area contributed by atoms with Crippen LogP contribution in [0.5, 0.6) is 0 Å². The smallest absolute Gasteiger partial charge is 0.407 e. The highest BCUT2D eigenvalue weighted by Gasteiger charge is 2.26. The molecule has 9 heteroatoms. The van der Waals surface area contributed by atoms with Gasteiger partial charge in [0.2, 0.25) is 0 Å². The van der Waals surface area contributed by atoms with Crippen LogP contribution in [0.25, 0.3) is 11.1 Å². The zero-order valence-corrected chi connectivity index (χ0v) is 24.6. The number of benzene rings is 2. The van der Waals surface area contributed by atoms with Gasteiger partial charge in [0, 0.05) is 23.4 Å². The second-order valence-electron chi connectivity index (χ2n) is 11.4.